The molecule has 1 aliphatic rings. The Balaban J connectivity index is 1.46. The molecule has 1 aromatic carbocycles. The van der Waals surface area contributed by atoms with Gasteiger partial charge in [-0.2, -0.15) is 0 Å². The smallest absolute Gasteiger partial charge is 0.230 e. The van der Waals surface area contributed by atoms with Gasteiger partial charge in [-0.1, -0.05) is 30.7 Å². The third kappa shape index (κ3) is 6.33. The molecule has 1 atom stereocenters. The van der Waals surface area contributed by atoms with E-state index in [1.54, 1.807) is 23.1 Å². The molecule has 1 aliphatic heterocycles. The highest BCUT2D eigenvalue weighted by molar-refractivity contribution is 7.99. The highest BCUT2D eigenvalue weighted by atomic mass is 32.2. The second-order valence-electron chi connectivity index (χ2n) is 7.21. The van der Waals surface area contributed by atoms with E-state index in [2.05, 4.69) is 51.8 Å². The number of thiazole rings is 1. The summed E-state index contributed by atoms with van der Waals surface area (Å²) in [5.74, 6) is 1.36. The van der Waals surface area contributed by atoms with Crippen molar-refractivity contribution in [1.29, 1.82) is 0 Å². The average Bonchev–Trinajstić information content (AvgIpc) is 3.08. The van der Waals surface area contributed by atoms with Gasteiger partial charge in [0, 0.05) is 30.3 Å². The number of likely N-dealkylation sites (tertiary alicyclic amines) is 1. The predicted octanol–water partition coefficient (Wildman–Crippen LogP) is 4.38. The van der Waals surface area contributed by atoms with Crippen LogP contribution in [0, 0.1) is 6.92 Å². The number of thioether (sulfide) groups is 1. The Morgan fingerprint density at radius 1 is 1.33 bits per heavy atom. The Morgan fingerprint density at radius 2 is 2.15 bits per heavy atom. The number of piperidine rings is 1. The molecule has 0 unspecified atom stereocenters. The van der Waals surface area contributed by atoms with E-state index >= 15 is 0 Å². The van der Waals surface area contributed by atoms with Gasteiger partial charge < -0.3 is 5.32 Å². The first kappa shape index (κ1) is 20.4. The Labute approximate surface area is 170 Å². The van der Waals surface area contributed by atoms with Crippen molar-refractivity contribution in [1.82, 2.24) is 15.2 Å². The van der Waals surface area contributed by atoms with Gasteiger partial charge in [0.1, 0.15) is 0 Å². The molecule has 1 saturated heterocycles. The number of aromatic nitrogens is 1. The van der Waals surface area contributed by atoms with Crippen LogP contribution in [-0.2, 0) is 23.6 Å². The van der Waals surface area contributed by atoms with Crippen molar-refractivity contribution < 1.29 is 4.79 Å². The first-order valence-electron chi connectivity index (χ1n) is 9.68. The van der Waals surface area contributed by atoms with Gasteiger partial charge in [-0.25, -0.2) is 4.98 Å². The molecule has 0 bridgehead atoms. The van der Waals surface area contributed by atoms with Gasteiger partial charge in [0.05, 0.1) is 16.5 Å². The summed E-state index contributed by atoms with van der Waals surface area (Å²) >= 11 is 3.28. The highest BCUT2D eigenvalue weighted by Gasteiger charge is 2.19. The number of benzene rings is 1. The lowest BCUT2D eigenvalue weighted by atomic mass is 10.0. The molecular formula is C21H29N3OS2. The zero-order chi connectivity index (χ0) is 19.1. The van der Waals surface area contributed by atoms with Crippen LogP contribution in [0.3, 0.4) is 0 Å². The number of nitrogens with zero attached hydrogens (tertiary/aromatic N) is 2. The molecule has 0 radical (unpaired) electrons. The molecule has 1 aromatic heterocycles. The van der Waals surface area contributed by atoms with Crippen LogP contribution in [0.5, 0.6) is 0 Å². The lowest BCUT2D eigenvalue weighted by molar-refractivity contribution is -0.118. The summed E-state index contributed by atoms with van der Waals surface area (Å²) in [4.78, 5) is 19.2. The van der Waals surface area contributed by atoms with Crippen LogP contribution in [0.2, 0.25) is 0 Å². The van der Waals surface area contributed by atoms with E-state index in [0.717, 1.165) is 23.0 Å². The number of rotatable bonds is 8. The Morgan fingerprint density at radius 3 is 2.89 bits per heavy atom. The fourth-order valence-corrected chi connectivity index (χ4v) is 4.93. The zero-order valence-electron chi connectivity index (χ0n) is 16.2. The third-order valence-electron chi connectivity index (χ3n) is 5.06. The summed E-state index contributed by atoms with van der Waals surface area (Å²) in [7, 11) is 0. The van der Waals surface area contributed by atoms with Crippen molar-refractivity contribution in [2.24, 2.45) is 0 Å². The van der Waals surface area contributed by atoms with E-state index in [9.17, 15) is 4.79 Å². The number of carbonyl (C=O) groups excluding carboxylic acids is 1. The molecule has 2 aromatic rings. The maximum Gasteiger partial charge on any atom is 0.230 e. The summed E-state index contributed by atoms with van der Waals surface area (Å²) < 4.78 is 0. The second-order valence-corrected chi connectivity index (χ2v) is 9.26. The molecule has 0 spiro atoms. The second kappa shape index (κ2) is 10.2. The molecule has 4 nitrogen and oxygen atoms in total. The van der Waals surface area contributed by atoms with Crippen LogP contribution in [0.25, 0.3) is 0 Å². The first-order chi connectivity index (χ1) is 13.1. The van der Waals surface area contributed by atoms with E-state index < -0.39 is 0 Å². The van der Waals surface area contributed by atoms with Crippen molar-refractivity contribution in [2.45, 2.75) is 58.0 Å². The lowest BCUT2D eigenvalue weighted by Crippen LogP contribution is -2.37. The Hall–Kier alpha value is -1.37. The predicted molar refractivity (Wildman–Crippen MR) is 115 cm³/mol. The van der Waals surface area contributed by atoms with Crippen molar-refractivity contribution in [2.75, 3.05) is 12.3 Å². The molecule has 1 N–H and O–H groups in total. The SMILES string of the molecule is Cc1nc(CSCC(=O)NCc2ccccc2CN2CCCC[C@H]2C)cs1. The van der Waals surface area contributed by atoms with Crippen LogP contribution in [-0.4, -0.2) is 34.1 Å². The van der Waals surface area contributed by atoms with Gasteiger partial charge in [-0.05, 0) is 44.4 Å². The van der Waals surface area contributed by atoms with Gasteiger partial charge in [0.25, 0.3) is 0 Å². The van der Waals surface area contributed by atoms with Crippen molar-refractivity contribution >= 4 is 29.0 Å². The van der Waals surface area contributed by atoms with Gasteiger partial charge in [-0.3, -0.25) is 9.69 Å². The van der Waals surface area contributed by atoms with E-state index in [0.29, 0.717) is 18.3 Å². The van der Waals surface area contributed by atoms with Crippen LogP contribution in [0.15, 0.2) is 29.6 Å². The zero-order valence-corrected chi connectivity index (χ0v) is 17.9. The normalized spacial score (nSPS) is 17.8. The number of hydrogen-bond acceptors (Lipinski definition) is 5. The standard InChI is InChI=1S/C21H29N3OS2/c1-16-7-5-6-10-24(16)12-19-9-4-3-8-18(19)11-22-21(25)15-26-13-20-14-27-17(2)23-20/h3-4,8-9,14,16H,5-7,10-13,15H2,1-2H3,(H,22,25)/t16-/m1/s1. The first-order valence-corrected chi connectivity index (χ1v) is 11.7. The minimum absolute atomic E-state index is 0.0908. The van der Waals surface area contributed by atoms with Crippen LogP contribution in [0.4, 0.5) is 0 Å². The summed E-state index contributed by atoms with van der Waals surface area (Å²) in [6.45, 7) is 7.09. The maximum atomic E-state index is 12.2. The van der Waals surface area contributed by atoms with E-state index in [4.69, 9.17) is 0 Å². The topological polar surface area (TPSA) is 45.2 Å². The van der Waals surface area contributed by atoms with E-state index in [1.165, 1.54) is 36.9 Å². The molecule has 1 amide bonds. The highest BCUT2D eigenvalue weighted by Crippen LogP contribution is 2.21. The number of hydrogen-bond donors (Lipinski definition) is 1. The number of aryl methyl sites for hydroxylation is 1. The van der Waals surface area contributed by atoms with Gasteiger partial charge in [-0.15, -0.1) is 23.1 Å². The molecule has 3 rings (SSSR count). The molecule has 6 heteroatoms. The summed E-state index contributed by atoms with van der Waals surface area (Å²) in [6, 6.07) is 9.13. The largest absolute Gasteiger partial charge is 0.351 e. The Bertz CT molecular complexity index is 747. The molecule has 27 heavy (non-hydrogen) atoms. The van der Waals surface area contributed by atoms with Gasteiger partial charge >= 0.3 is 0 Å². The fourth-order valence-electron chi connectivity index (χ4n) is 3.46. The van der Waals surface area contributed by atoms with Crippen molar-refractivity contribution in [3.63, 3.8) is 0 Å². The fraction of sp³-hybridized carbons (Fsp3) is 0.524. The molecule has 2 heterocycles. The molecule has 146 valence electrons. The summed E-state index contributed by atoms with van der Waals surface area (Å²) in [5, 5.41) is 6.23. The quantitative estimate of drug-likeness (QED) is 0.711. The molecule has 1 fully saturated rings. The molecule has 0 aliphatic carbocycles. The van der Waals surface area contributed by atoms with E-state index in [-0.39, 0.29) is 5.91 Å². The number of carbonyl (C=O) groups is 1. The van der Waals surface area contributed by atoms with Crippen LogP contribution >= 0.6 is 23.1 Å². The molecular weight excluding hydrogens is 374 g/mol. The van der Waals surface area contributed by atoms with Crippen LogP contribution < -0.4 is 5.32 Å². The van der Waals surface area contributed by atoms with E-state index in [1.807, 2.05) is 6.92 Å². The van der Waals surface area contributed by atoms with Crippen molar-refractivity contribution in [3.8, 4) is 0 Å². The average molecular weight is 404 g/mol. The summed E-state index contributed by atoms with van der Waals surface area (Å²) in [6.07, 6.45) is 3.92. The maximum absolute atomic E-state index is 12.2. The lowest BCUT2D eigenvalue weighted by Gasteiger charge is -2.33. The number of nitrogens with one attached hydrogen (secondary N) is 1. The van der Waals surface area contributed by atoms with Gasteiger partial charge in [0.2, 0.25) is 5.91 Å². The van der Waals surface area contributed by atoms with Crippen molar-refractivity contribution in [3.05, 3.63) is 51.5 Å². The van der Waals surface area contributed by atoms with Crippen LogP contribution in [0.1, 0.15) is 48.0 Å². The molecule has 0 saturated carbocycles. The van der Waals surface area contributed by atoms with Gasteiger partial charge in [0.15, 0.2) is 0 Å². The monoisotopic (exact) mass is 403 g/mol. The minimum Gasteiger partial charge on any atom is -0.351 e. The summed E-state index contributed by atoms with van der Waals surface area (Å²) in [5.41, 5.74) is 3.62. The number of amides is 1. The Kier molecular flexibility index (Phi) is 7.73. The third-order valence-corrected chi connectivity index (χ3v) is 6.85. The minimum atomic E-state index is 0.0908.